The molecule has 14 heavy (non-hydrogen) atoms. The third-order valence-electron chi connectivity index (χ3n) is 3.88. The lowest BCUT2D eigenvalue weighted by molar-refractivity contribution is 0.161. The van der Waals surface area contributed by atoms with E-state index in [-0.39, 0.29) is 5.41 Å². The van der Waals surface area contributed by atoms with Crippen LogP contribution in [0.15, 0.2) is 0 Å². The molecule has 0 atom stereocenters. The molecule has 0 aromatic heterocycles. The normalized spacial score (nSPS) is 24.8. The Hall–Kier alpha value is -0.550. The van der Waals surface area contributed by atoms with Crippen LogP contribution in [0.25, 0.3) is 0 Å². The predicted molar refractivity (Wildman–Crippen MR) is 56.8 cm³/mol. The largest absolute Gasteiger partial charge is 0.303 e. The molecule has 0 bridgehead atoms. The van der Waals surface area contributed by atoms with Crippen molar-refractivity contribution in [1.29, 1.82) is 5.26 Å². The lowest BCUT2D eigenvalue weighted by Crippen LogP contribution is -2.37. The molecule has 2 aliphatic rings. The van der Waals surface area contributed by atoms with Crippen molar-refractivity contribution in [1.82, 2.24) is 4.90 Å². The summed E-state index contributed by atoms with van der Waals surface area (Å²) in [5.41, 5.74) is 0.106. The van der Waals surface area contributed by atoms with Crippen LogP contribution in [0.5, 0.6) is 0 Å². The fourth-order valence-electron chi connectivity index (χ4n) is 2.43. The molecule has 1 aliphatic carbocycles. The number of likely N-dealkylation sites (tertiary alicyclic amines) is 1. The van der Waals surface area contributed by atoms with Crippen LogP contribution in [0.4, 0.5) is 0 Å². The van der Waals surface area contributed by atoms with Crippen molar-refractivity contribution in [2.75, 3.05) is 19.6 Å². The smallest absolute Gasteiger partial charge is 0.0689 e. The SMILES string of the molecule is N#CC1(CCCCN2CCC2)CCC1. The Morgan fingerprint density at radius 3 is 2.36 bits per heavy atom. The van der Waals surface area contributed by atoms with Crippen molar-refractivity contribution in [2.24, 2.45) is 5.41 Å². The minimum Gasteiger partial charge on any atom is -0.303 e. The van der Waals surface area contributed by atoms with Crippen molar-refractivity contribution < 1.29 is 0 Å². The van der Waals surface area contributed by atoms with Crippen LogP contribution in [0.2, 0.25) is 0 Å². The van der Waals surface area contributed by atoms with Crippen LogP contribution < -0.4 is 0 Å². The molecule has 2 nitrogen and oxygen atoms in total. The average Bonchev–Trinajstić information content (AvgIpc) is 2.05. The fourth-order valence-corrected chi connectivity index (χ4v) is 2.43. The van der Waals surface area contributed by atoms with Gasteiger partial charge in [-0.15, -0.1) is 0 Å². The van der Waals surface area contributed by atoms with E-state index in [1.54, 1.807) is 0 Å². The Bertz CT molecular complexity index is 221. The number of nitriles is 1. The summed E-state index contributed by atoms with van der Waals surface area (Å²) in [6, 6.07) is 2.52. The molecule has 2 fully saturated rings. The summed E-state index contributed by atoms with van der Waals surface area (Å²) in [6.45, 7) is 3.88. The van der Waals surface area contributed by atoms with Crippen molar-refractivity contribution in [3.63, 3.8) is 0 Å². The van der Waals surface area contributed by atoms with Crippen molar-refractivity contribution in [2.45, 2.75) is 44.9 Å². The van der Waals surface area contributed by atoms with Crippen LogP contribution in [0.1, 0.15) is 44.9 Å². The third kappa shape index (κ3) is 2.09. The summed E-state index contributed by atoms with van der Waals surface area (Å²) < 4.78 is 0. The Balaban J connectivity index is 1.55. The highest BCUT2D eigenvalue weighted by molar-refractivity contribution is 5.04. The van der Waals surface area contributed by atoms with Crippen LogP contribution in [-0.2, 0) is 0 Å². The third-order valence-corrected chi connectivity index (χ3v) is 3.88. The molecule has 0 amide bonds. The van der Waals surface area contributed by atoms with Gasteiger partial charge in [0, 0.05) is 0 Å². The van der Waals surface area contributed by atoms with E-state index in [0.717, 1.165) is 19.3 Å². The Kier molecular flexibility index (Phi) is 3.08. The first-order valence-electron chi connectivity index (χ1n) is 5.98. The van der Waals surface area contributed by atoms with Crippen LogP contribution >= 0.6 is 0 Å². The Morgan fingerprint density at radius 1 is 1.14 bits per heavy atom. The second-order valence-electron chi connectivity index (χ2n) is 4.90. The fraction of sp³-hybridized carbons (Fsp3) is 0.917. The maximum absolute atomic E-state index is 9.04. The maximum atomic E-state index is 9.04. The molecule has 0 aromatic carbocycles. The zero-order valence-corrected chi connectivity index (χ0v) is 8.97. The predicted octanol–water partition coefficient (Wildman–Crippen LogP) is 2.56. The number of rotatable bonds is 5. The quantitative estimate of drug-likeness (QED) is 0.626. The highest BCUT2D eigenvalue weighted by Gasteiger charge is 2.36. The first kappa shape index (κ1) is 9.98. The molecule has 2 rings (SSSR count). The van der Waals surface area contributed by atoms with E-state index in [1.807, 2.05) is 0 Å². The van der Waals surface area contributed by atoms with Gasteiger partial charge in [-0.1, -0.05) is 12.8 Å². The molecule has 1 saturated heterocycles. The van der Waals surface area contributed by atoms with Gasteiger partial charge in [0.15, 0.2) is 0 Å². The zero-order valence-electron chi connectivity index (χ0n) is 8.97. The van der Waals surface area contributed by atoms with E-state index in [2.05, 4.69) is 11.0 Å². The summed E-state index contributed by atoms with van der Waals surface area (Å²) >= 11 is 0. The highest BCUT2D eigenvalue weighted by atomic mass is 15.2. The van der Waals surface area contributed by atoms with Gasteiger partial charge in [-0.2, -0.15) is 5.26 Å². The number of unbranched alkanes of at least 4 members (excludes halogenated alkanes) is 1. The summed E-state index contributed by atoms with van der Waals surface area (Å²) in [5, 5.41) is 9.04. The van der Waals surface area contributed by atoms with E-state index in [4.69, 9.17) is 5.26 Å². The summed E-state index contributed by atoms with van der Waals surface area (Å²) in [6.07, 6.45) is 8.69. The topological polar surface area (TPSA) is 27.0 Å². The first-order valence-corrected chi connectivity index (χ1v) is 5.98. The Labute approximate surface area is 86.9 Å². The molecule has 0 radical (unpaired) electrons. The van der Waals surface area contributed by atoms with E-state index >= 15 is 0 Å². The Morgan fingerprint density at radius 2 is 1.93 bits per heavy atom. The van der Waals surface area contributed by atoms with E-state index in [9.17, 15) is 0 Å². The van der Waals surface area contributed by atoms with Gasteiger partial charge in [-0.3, -0.25) is 0 Å². The summed E-state index contributed by atoms with van der Waals surface area (Å²) in [7, 11) is 0. The molecule has 0 spiro atoms. The van der Waals surface area contributed by atoms with Gasteiger partial charge >= 0.3 is 0 Å². The van der Waals surface area contributed by atoms with Crippen LogP contribution in [0.3, 0.4) is 0 Å². The van der Waals surface area contributed by atoms with Gasteiger partial charge in [-0.05, 0) is 51.7 Å². The second kappa shape index (κ2) is 4.31. The molecule has 1 saturated carbocycles. The van der Waals surface area contributed by atoms with E-state index < -0.39 is 0 Å². The average molecular weight is 192 g/mol. The van der Waals surface area contributed by atoms with Crippen LogP contribution in [-0.4, -0.2) is 24.5 Å². The molecule has 1 aliphatic heterocycles. The number of nitrogens with zero attached hydrogens (tertiary/aromatic N) is 2. The second-order valence-corrected chi connectivity index (χ2v) is 4.90. The van der Waals surface area contributed by atoms with Gasteiger partial charge < -0.3 is 4.90 Å². The van der Waals surface area contributed by atoms with E-state index in [0.29, 0.717) is 0 Å². The van der Waals surface area contributed by atoms with Crippen molar-refractivity contribution in [3.8, 4) is 6.07 Å². The lowest BCUT2D eigenvalue weighted by atomic mass is 9.67. The van der Waals surface area contributed by atoms with Gasteiger partial charge in [-0.25, -0.2) is 0 Å². The molecule has 0 N–H and O–H groups in total. The standard InChI is InChI=1S/C12H20N2/c13-11-12(6-3-7-12)5-1-2-8-14-9-4-10-14/h1-10H2. The molecular formula is C12H20N2. The van der Waals surface area contributed by atoms with E-state index in [1.165, 1.54) is 45.3 Å². The van der Waals surface area contributed by atoms with Gasteiger partial charge in [0.25, 0.3) is 0 Å². The molecular weight excluding hydrogens is 172 g/mol. The molecule has 78 valence electrons. The van der Waals surface area contributed by atoms with Crippen LogP contribution in [0, 0.1) is 16.7 Å². The van der Waals surface area contributed by atoms with Gasteiger partial charge in [0.1, 0.15) is 0 Å². The minimum atomic E-state index is 0.106. The zero-order chi connectivity index (χ0) is 9.86. The lowest BCUT2D eigenvalue weighted by Gasteiger charge is -2.36. The summed E-state index contributed by atoms with van der Waals surface area (Å²) in [5.74, 6) is 0. The van der Waals surface area contributed by atoms with Crippen molar-refractivity contribution >= 4 is 0 Å². The summed E-state index contributed by atoms with van der Waals surface area (Å²) in [4.78, 5) is 2.51. The molecule has 0 unspecified atom stereocenters. The van der Waals surface area contributed by atoms with Gasteiger partial charge in [0.2, 0.25) is 0 Å². The number of hydrogen-bond acceptors (Lipinski definition) is 2. The number of hydrogen-bond donors (Lipinski definition) is 0. The van der Waals surface area contributed by atoms with Crippen molar-refractivity contribution in [3.05, 3.63) is 0 Å². The molecule has 0 aromatic rings. The molecule has 1 heterocycles. The first-order chi connectivity index (χ1) is 6.85. The minimum absolute atomic E-state index is 0.106. The maximum Gasteiger partial charge on any atom is 0.0689 e. The monoisotopic (exact) mass is 192 g/mol. The molecule has 2 heteroatoms. The highest BCUT2D eigenvalue weighted by Crippen LogP contribution is 2.44. The van der Waals surface area contributed by atoms with Gasteiger partial charge in [0.05, 0.1) is 11.5 Å².